The third kappa shape index (κ3) is 5.62. The summed E-state index contributed by atoms with van der Waals surface area (Å²) in [6.07, 6.45) is 12.1. The zero-order valence-electron chi connectivity index (χ0n) is 29.8. The highest BCUT2D eigenvalue weighted by Gasteiger charge is 2.46. The lowest BCUT2D eigenvalue weighted by Gasteiger charge is -2.34. The number of rotatable bonds is 8. The molecule has 7 nitrogen and oxygen atoms in total. The summed E-state index contributed by atoms with van der Waals surface area (Å²) in [7, 11) is 1.94. The van der Waals surface area contributed by atoms with Crippen LogP contribution in [0.15, 0.2) is 24.8 Å². The molecule has 3 N–H and O–H groups in total. The van der Waals surface area contributed by atoms with Crippen molar-refractivity contribution in [1.82, 2.24) is 20.2 Å². The summed E-state index contributed by atoms with van der Waals surface area (Å²) < 4.78 is 33.1. The van der Waals surface area contributed by atoms with E-state index in [-0.39, 0.29) is 61.5 Å². The number of nitriles is 1. The fraction of sp³-hybridized carbons (Fsp3) is 0.439. The summed E-state index contributed by atoms with van der Waals surface area (Å²) in [4.78, 5) is 15.1. The second kappa shape index (κ2) is 13.4. The van der Waals surface area contributed by atoms with Crippen LogP contribution in [0.5, 0.6) is 0 Å². The van der Waals surface area contributed by atoms with Gasteiger partial charge in [0.1, 0.15) is 29.0 Å². The third-order valence-electron chi connectivity index (χ3n) is 11.7. The molecule has 3 aliphatic rings. The average molecular weight is 708 g/mol. The molecular weight excluding hydrogens is 664 g/mol. The Kier molecular flexibility index (Phi) is 9.21. The molecule has 3 aromatic carbocycles. The predicted molar refractivity (Wildman–Crippen MR) is 204 cm³/mol. The van der Waals surface area contributed by atoms with Crippen LogP contribution in [-0.4, -0.2) is 59.2 Å². The summed E-state index contributed by atoms with van der Waals surface area (Å²) >= 11 is 7.35. The lowest BCUT2D eigenvalue weighted by atomic mass is 9.86. The van der Waals surface area contributed by atoms with E-state index in [1.165, 1.54) is 18.6 Å². The highest BCUT2D eigenvalue weighted by atomic mass is 35.5. The smallest absolute Gasteiger partial charge is 0.159 e. The summed E-state index contributed by atoms with van der Waals surface area (Å²) in [5.41, 5.74) is 7.71. The van der Waals surface area contributed by atoms with E-state index < -0.39 is 11.6 Å². The Morgan fingerprint density at radius 2 is 1.98 bits per heavy atom. The highest BCUT2D eigenvalue weighted by Crippen LogP contribution is 2.51. The first-order chi connectivity index (χ1) is 24.5. The van der Waals surface area contributed by atoms with Crippen molar-refractivity contribution in [2.45, 2.75) is 83.3 Å². The number of fused-ring (bicyclic) bond motifs is 2. The van der Waals surface area contributed by atoms with Gasteiger partial charge in [-0.25, -0.2) is 18.7 Å². The molecule has 2 saturated heterocycles. The van der Waals surface area contributed by atoms with Gasteiger partial charge in [0.15, 0.2) is 5.82 Å². The number of nitrogen functional groups attached to an aromatic ring is 1. The van der Waals surface area contributed by atoms with Crippen LogP contribution < -0.4 is 16.0 Å². The number of hydrogen-bond donors (Lipinski definition) is 2. The van der Waals surface area contributed by atoms with E-state index >= 15 is 8.78 Å². The van der Waals surface area contributed by atoms with Gasteiger partial charge in [-0.05, 0) is 88.1 Å². The van der Waals surface area contributed by atoms with Crippen LogP contribution >= 0.6 is 11.6 Å². The third-order valence-corrected chi connectivity index (χ3v) is 12.1. The molecule has 3 aliphatic heterocycles. The molecule has 10 heteroatoms. The lowest BCUT2D eigenvalue weighted by molar-refractivity contribution is 0.181. The van der Waals surface area contributed by atoms with Crippen LogP contribution in [0.25, 0.3) is 38.4 Å². The number of terminal acetylenes is 1. The van der Waals surface area contributed by atoms with Gasteiger partial charge < -0.3 is 16.0 Å². The van der Waals surface area contributed by atoms with Gasteiger partial charge in [-0.3, -0.25) is 4.90 Å². The fourth-order valence-corrected chi connectivity index (χ4v) is 9.65. The normalized spacial score (nSPS) is 22.3. The van der Waals surface area contributed by atoms with E-state index in [2.05, 4.69) is 54.5 Å². The number of nitrogens with two attached hydrogens (primary N) is 1. The second-order valence-electron chi connectivity index (χ2n) is 14.8. The van der Waals surface area contributed by atoms with E-state index in [0.717, 1.165) is 38.8 Å². The minimum absolute atomic E-state index is 0.0355. The minimum atomic E-state index is -0.739. The Morgan fingerprint density at radius 3 is 2.69 bits per heavy atom. The molecule has 1 aromatic heterocycles. The van der Waals surface area contributed by atoms with Gasteiger partial charge in [0.05, 0.1) is 27.2 Å². The molecular formula is C41H44ClF2N7. The van der Waals surface area contributed by atoms with Gasteiger partial charge in [-0.2, -0.15) is 5.26 Å². The maximum absolute atomic E-state index is 17.8. The molecule has 0 radical (unpaired) electrons. The van der Waals surface area contributed by atoms with Crippen LogP contribution in [0.4, 0.5) is 20.3 Å². The Bertz CT molecular complexity index is 2180. The van der Waals surface area contributed by atoms with E-state index in [9.17, 15) is 5.26 Å². The first-order valence-corrected chi connectivity index (χ1v) is 18.3. The number of hydrogen-bond acceptors (Lipinski definition) is 7. The molecule has 0 bridgehead atoms. The van der Waals surface area contributed by atoms with Gasteiger partial charge in [-0.15, -0.1) is 6.42 Å². The maximum Gasteiger partial charge on any atom is 0.159 e. The van der Waals surface area contributed by atoms with E-state index in [1.54, 1.807) is 6.07 Å². The van der Waals surface area contributed by atoms with E-state index in [1.807, 2.05) is 7.05 Å². The SMILES string of the molecule is C#Cc1c(F)ccc2cc(N)c(C#N)c(-c3c(Cl)c4c5c(nc(CCC67CCCN6CC(C)C7)nc5c3F)N(C[C@@H](CC)NC)[C@@H](C)CC4=C)c12. The number of halogens is 3. The van der Waals surface area contributed by atoms with Crippen molar-refractivity contribution in [2.75, 3.05) is 37.3 Å². The minimum Gasteiger partial charge on any atom is -0.398 e. The molecule has 0 amide bonds. The monoisotopic (exact) mass is 707 g/mol. The zero-order valence-corrected chi connectivity index (χ0v) is 30.5. The summed E-state index contributed by atoms with van der Waals surface area (Å²) in [6.45, 7) is 13.8. The van der Waals surface area contributed by atoms with Gasteiger partial charge in [0.2, 0.25) is 0 Å². The molecule has 0 saturated carbocycles. The van der Waals surface area contributed by atoms with Crippen LogP contribution in [0.3, 0.4) is 0 Å². The first-order valence-electron chi connectivity index (χ1n) is 18.0. The molecule has 7 rings (SSSR count). The van der Waals surface area contributed by atoms with Crippen molar-refractivity contribution < 1.29 is 8.78 Å². The molecule has 0 spiro atoms. The molecule has 51 heavy (non-hydrogen) atoms. The number of nitrogens with one attached hydrogen (secondary N) is 1. The van der Waals surface area contributed by atoms with Gasteiger partial charge in [0.25, 0.3) is 0 Å². The van der Waals surface area contributed by atoms with E-state index in [0.29, 0.717) is 58.9 Å². The Labute approximate surface area is 303 Å². The Hall–Kier alpha value is -4.28. The van der Waals surface area contributed by atoms with E-state index in [4.69, 9.17) is 33.7 Å². The molecule has 0 aliphatic carbocycles. The zero-order chi connectivity index (χ0) is 36.4. The molecule has 4 atom stereocenters. The van der Waals surface area contributed by atoms with Crippen molar-refractivity contribution in [1.29, 1.82) is 5.26 Å². The maximum atomic E-state index is 17.8. The number of aromatic nitrogens is 2. The van der Waals surface area contributed by atoms with Crippen LogP contribution in [-0.2, 0) is 6.42 Å². The number of aryl methyl sites for hydroxylation is 1. The quantitative estimate of drug-likeness (QED) is 0.141. The first kappa shape index (κ1) is 35.1. The number of benzene rings is 3. The lowest BCUT2D eigenvalue weighted by Crippen LogP contribution is -2.44. The largest absolute Gasteiger partial charge is 0.398 e. The predicted octanol–water partition coefficient (Wildman–Crippen LogP) is 8.23. The number of likely N-dealkylation sites (N-methyl/N-ethyl adjacent to an activating group) is 1. The second-order valence-corrected chi connectivity index (χ2v) is 15.2. The van der Waals surface area contributed by atoms with Crippen molar-refractivity contribution in [2.24, 2.45) is 5.92 Å². The topological polar surface area (TPSA) is 94.1 Å². The number of anilines is 2. The van der Waals surface area contributed by atoms with Crippen LogP contribution in [0.1, 0.15) is 81.8 Å². The molecule has 4 heterocycles. The van der Waals surface area contributed by atoms with Crippen molar-refractivity contribution in [3.63, 3.8) is 0 Å². The van der Waals surface area contributed by atoms with Crippen LogP contribution in [0.2, 0.25) is 5.02 Å². The van der Waals surface area contributed by atoms with Crippen molar-refractivity contribution in [3.8, 4) is 29.5 Å². The summed E-state index contributed by atoms with van der Waals surface area (Å²) in [6, 6.07) is 6.55. The Balaban J connectivity index is 1.54. The molecule has 264 valence electrons. The molecule has 2 fully saturated rings. The number of nitrogens with zero attached hydrogens (tertiary/aromatic N) is 5. The summed E-state index contributed by atoms with van der Waals surface area (Å²) in [5, 5.41) is 15.0. The standard InChI is InChI=1S/C41H44ClF2N7/c1-7-26(47-6)21-51-24(5)16-23(4)32-36-39(48-31(49-40(36)51)12-14-41-13-9-15-50(41)20-22(3)18-41)38(44)35(37(32)42)34-28(19-45)30(46)17-25-10-11-29(43)27(8-2)33(25)34/h2,10-11,17,22,24,26,47H,4,7,9,12-16,18,20-21,46H2,1,3,5-6H3/t22?,24-,26+,41?/m0/s1. The average Bonchev–Trinajstić information content (AvgIpc) is 3.60. The highest BCUT2D eigenvalue weighted by molar-refractivity contribution is 6.37. The fourth-order valence-electron chi connectivity index (χ4n) is 9.24. The van der Waals surface area contributed by atoms with Gasteiger partial charge in [0, 0.05) is 59.2 Å². The van der Waals surface area contributed by atoms with Gasteiger partial charge in [-0.1, -0.05) is 44.0 Å². The van der Waals surface area contributed by atoms with Crippen molar-refractivity contribution >= 4 is 50.4 Å². The molecule has 2 unspecified atom stereocenters. The van der Waals surface area contributed by atoms with Gasteiger partial charge >= 0.3 is 0 Å². The summed E-state index contributed by atoms with van der Waals surface area (Å²) in [5.74, 6) is 2.80. The van der Waals surface area contributed by atoms with Crippen molar-refractivity contribution in [3.05, 3.63) is 63.9 Å². The molecule has 4 aromatic rings. The Morgan fingerprint density at radius 1 is 1.20 bits per heavy atom. The van der Waals surface area contributed by atoms with Crippen LogP contribution in [0, 0.1) is 41.2 Å².